The van der Waals surface area contributed by atoms with Gasteiger partial charge in [-0.1, -0.05) is 11.8 Å². The first-order chi connectivity index (χ1) is 11.9. The highest BCUT2D eigenvalue weighted by molar-refractivity contribution is 7.99. The molecule has 2 atom stereocenters. The van der Waals surface area contributed by atoms with E-state index in [-0.39, 0.29) is 23.9 Å². The number of carbonyl (C=O) groups is 1. The van der Waals surface area contributed by atoms with Crippen molar-refractivity contribution in [1.29, 1.82) is 0 Å². The fraction of sp³-hybridized carbons (Fsp3) is 0.471. The Hall–Kier alpha value is -1.93. The molecule has 2 heterocycles. The van der Waals surface area contributed by atoms with Crippen molar-refractivity contribution in [1.82, 2.24) is 19.7 Å². The average Bonchev–Trinajstić information content (AvgIpc) is 2.93. The summed E-state index contributed by atoms with van der Waals surface area (Å²) in [5.41, 5.74) is 0.783. The number of rotatable bonds is 4. The fourth-order valence-electron chi connectivity index (χ4n) is 2.89. The largest absolute Gasteiger partial charge is 0.372 e. The summed E-state index contributed by atoms with van der Waals surface area (Å²) in [6.45, 7) is 5.17. The van der Waals surface area contributed by atoms with E-state index in [0.717, 1.165) is 5.56 Å². The van der Waals surface area contributed by atoms with Crippen LogP contribution in [0.1, 0.15) is 13.8 Å². The topological polar surface area (TPSA) is 60.2 Å². The number of carbonyl (C=O) groups excluding carboxylic acids is 1. The van der Waals surface area contributed by atoms with Gasteiger partial charge >= 0.3 is 0 Å². The van der Waals surface area contributed by atoms with Crippen molar-refractivity contribution in [3.63, 3.8) is 0 Å². The molecule has 1 aromatic carbocycles. The smallest absolute Gasteiger partial charge is 0.233 e. The second-order valence-electron chi connectivity index (χ2n) is 6.22. The standard InChI is InChI=1S/C17H21FN4O2S/c1-11-8-22(9-12(2)24-11)15(23)10-25-17-20-19-16(21(17)3)13-4-6-14(18)7-5-13/h4-7,11-12H,8-10H2,1-3H3. The molecule has 2 unspecified atom stereocenters. The molecule has 0 bridgehead atoms. The maximum Gasteiger partial charge on any atom is 0.233 e. The minimum atomic E-state index is -0.292. The molecule has 3 rings (SSSR count). The van der Waals surface area contributed by atoms with Gasteiger partial charge in [-0.05, 0) is 38.1 Å². The van der Waals surface area contributed by atoms with Crippen molar-refractivity contribution in [2.45, 2.75) is 31.2 Å². The van der Waals surface area contributed by atoms with Crippen molar-refractivity contribution in [3.8, 4) is 11.4 Å². The summed E-state index contributed by atoms with van der Waals surface area (Å²) in [5.74, 6) is 0.719. The van der Waals surface area contributed by atoms with Gasteiger partial charge in [0.15, 0.2) is 11.0 Å². The van der Waals surface area contributed by atoms with Crippen LogP contribution < -0.4 is 0 Å². The fourth-order valence-corrected chi connectivity index (χ4v) is 3.70. The molecule has 0 radical (unpaired) electrons. The molecule has 1 saturated heterocycles. The normalized spacial score (nSPS) is 20.7. The van der Waals surface area contributed by atoms with Gasteiger partial charge in [0.1, 0.15) is 5.82 Å². The van der Waals surface area contributed by atoms with Crippen molar-refractivity contribution in [2.75, 3.05) is 18.8 Å². The van der Waals surface area contributed by atoms with Crippen LogP contribution in [0, 0.1) is 5.82 Å². The summed E-state index contributed by atoms with van der Waals surface area (Å²) >= 11 is 1.35. The average molecular weight is 364 g/mol. The van der Waals surface area contributed by atoms with Crippen LogP contribution >= 0.6 is 11.8 Å². The molecule has 0 saturated carbocycles. The molecule has 6 nitrogen and oxygen atoms in total. The maximum absolute atomic E-state index is 13.1. The maximum atomic E-state index is 13.1. The Morgan fingerprint density at radius 1 is 1.24 bits per heavy atom. The predicted octanol–water partition coefficient (Wildman–Crippen LogP) is 2.35. The zero-order valence-electron chi connectivity index (χ0n) is 14.5. The van der Waals surface area contributed by atoms with Crippen LogP contribution in [-0.2, 0) is 16.6 Å². The van der Waals surface area contributed by atoms with Crippen LogP contribution in [0.4, 0.5) is 4.39 Å². The molecular formula is C17H21FN4O2S. The van der Waals surface area contributed by atoms with E-state index in [4.69, 9.17) is 4.74 Å². The molecular weight excluding hydrogens is 343 g/mol. The third-order valence-electron chi connectivity index (χ3n) is 4.03. The second kappa shape index (κ2) is 7.53. The van der Waals surface area contributed by atoms with Gasteiger partial charge in [0.2, 0.25) is 5.91 Å². The Morgan fingerprint density at radius 3 is 2.52 bits per heavy atom. The van der Waals surface area contributed by atoms with Gasteiger partial charge in [0.25, 0.3) is 0 Å². The van der Waals surface area contributed by atoms with Gasteiger partial charge < -0.3 is 14.2 Å². The highest BCUT2D eigenvalue weighted by Crippen LogP contribution is 2.23. The molecule has 0 spiro atoms. The Morgan fingerprint density at radius 2 is 1.88 bits per heavy atom. The molecule has 0 N–H and O–H groups in total. The lowest BCUT2D eigenvalue weighted by molar-refractivity contribution is -0.140. The highest BCUT2D eigenvalue weighted by atomic mass is 32.2. The van der Waals surface area contributed by atoms with Crippen LogP contribution in [0.15, 0.2) is 29.4 Å². The number of hydrogen-bond donors (Lipinski definition) is 0. The Bertz CT molecular complexity index is 740. The molecule has 134 valence electrons. The second-order valence-corrected chi connectivity index (χ2v) is 7.16. The van der Waals surface area contributed by atoms with E-state index in [2.05, 4.69) is 10.2 Å². The van der Waals surface area contributed by atoms with E-state index in [1.807, 2.05) is 30.4 Å². The molecule has 1 aliphatic heterocycles. The SMILES string of the molecule is CC1CN(C(=O)CSc2nnc(-c3ccc(F)cc3)n2C)CC(C)O1. The predicted molar refractivity (Wildman–Crippen MR) is 93.7 cm³/mol. The van der Waals surface area contributed by atoms with E-state index < -0.39 is 0 Å². The van der Waals surface area contributed by atoms with Gasteiger partial charge in [-0.15, -0.1) is 10.2 Å². The number of morpholine rings is 1. The number of aromatic nitrogens is 3. The van der Waals surface area contributed by atoms with Gasteiger partial charge in [0.05, 0.1) is 18.0 Å². The summed E-state index contributed by atoms with van der Waals surface area (Å²) in [4.78, 5) is 14.3. The molecule has 1 amide bonds. The summed E-state index contributed by atoms with van der Waals surface area (Å²) in [7, 11) is 1.84. The van der Waals surface area contributed by atoms with E-state index in [9.17, 15) is 9.18 Å². The van der Waals surface area contributed by atoms with Gasteiger partial charge in [-0.2, -0.15) is 0 Å². The number of thioether (sulfide) groups is 1. The monoisotopic (exact) mass is 364 g/mol. The first kappa shape index (κ1) is 17.9. The van der Waals surface area contributed by atoms with Crippen molar-refractivity contribution in [2.24, 2.45) is 7.05 Å². The third kappa shape index (κ3) is 4.19. The van der Waals surface area contributed by atoms with Crippen molar-refractivity contribution < 1.29 is 13.9 Å². The Balaban J connectivity index is 1.64. The van der Waals surface area contributed by atoms with Crippen LogP contribution in [0.2, 0.25) is 0 Å². The summed E-state index contributed by atoms with van der Waals surface area (Å²) in [6, 6.07) is 6.10. The lowest BCUT2D eigenvalue weighted by Gasteiger charge is -2.35. The molecule has 2 aromatic rings. The minimum absolute atomic E-state index is 0.0533. The van der Waals surface area contributed by atoms with Gasteiger partial charge in [-0.25, -0.2) is 4.39 Å². The quantitative estimate of drug-likeness (QED) is 0.780. The van der Waals surface area contributed by atoms with Crippen LogP contribution in [0.25, 0.3) is 11.4 Å². The van der Waals surface area contributed by atoms with Crippen molar-refractivity contribution >= 4 is 17.7 Å². The zero-order chi connectivity index (χ0) is 18.0. The molecule has 1 aliphatic rings. The summed E-state index contributed by atoms with van der Waals surface area (Å²) in [5, 5.41) is 8.96. The number of amides is 1. The van der Waals surface area contributed by atoms with Gasteiger partial charge in [-0.3, -0.25) is 4.79 Å². The number of benzene rings is 1. The van der Waals surface area contributed by atoms with Crippen LogP contribution in [0.5, 0.6) is 0 Å². The third-order valence-corrected chi connectivity index (χ3v) is 5.04. The van der Waals surface area contributed by atoms with E-state index in [0.29, 0.717) is 29.8 Å². The number of hydrogen-bond acceptors (Lipinski definition) is 5. The Kier molecular flexibility index (Phi) is 5.39. The molecule has 25 heavy (non-hydrogen) atoms. The van der Waals surface area contributed by atoms with Crippen molar-refractivity contribution in [3.05, 3.63) is 30.1 Å². The summed E-state index contributed by atoms with van der Waals surface area (Å²) in [6.07, 6.45) is 0.107. The van der Waals surface area contributed by atoms with Gasteiger partial charge in [0, 0.05) is 25.7 Å². The highest BCUT2D eigenvalue weighted by Gasteiger charge is 2.26. The number of ether oxygens (including phenoxy) is 1. The number of nitrogens with zero attached hydrogens (tertiary/aromatic N) is 4. The zero-order valence-corrected chi connectivity index (χ0v) is 15.3. The number of halogens is 1. The minimum Gasteiger partial charge on any atom is -0.372 e. The Labute approximate surface area is 150 Å². The molecule has 1 fully saturated rings. The van der Waals surface area contributed by atoms with E-state index in [1.165, 1.54) is 23.9 Å². The van der Waals surface area contributed by atoms with Crippen LogP contribution in [-0.4, -0.2) is 56.6 Å². The molecule has 1 aromatic heterocycles. The first-order valence-electron chi connectivity index (χ1n) is 8.15. The van der Waals surface area contributed by atoms with E-state index in [1.54, 1.807) is 12.1 Å². The summed E-state index contributed by atoms with van der Waals surface area (Å²) < 4.78 is 20.5. The first-order valence-corrected chi connectivity index (χ1v) is 9.14. The lowest BCUT2D eigenvalue weighted by atomic mass is 10.2. The van der Waals surface area contributed by atoms with E-state index >= 15 is 0 Å². The molecule has 8 heteroatoms. The lowest BCUT2D eigenvalue weighted by Crippen LogP contribution is -2.48. The van der Waals surface area contributed by atoms with Crippen LogP contribution in [0.3, 0.4) is 0 Å². The molecule has 0 aliphatic carbocycles.